The number of hydrogen-bond donors (Lipinski definition) is 2. The molecule has 0 aliphatic rings. The molecule has 0 aromatic heterocycles. The number of benzene rings is 1. The summed E-state index contributed by atoms with van der Waals surface area (Å²) in [6.45, 7) is 5.88. The van der Waals surface area contributed by atoms with Gasteiger partial charge in [-0.05, 0) is 38.8 Å². The van der Waals surface area contributed by atoms with Crippen LogP contribution in [0.5, 0.6) is 11.5 Å². The summed E-state index contributed by atoms with van der Waals surface area (Å²) in [4.78, 5) is 15.6. The summed E-state index contributed by atoms with van der Waals surface area (Å²) in [7, 11) is 3.02. The van der Waals surface area contributed by atoms with E-state index in [4.69, 9.17) is 9.47 Å². The number of guanidine groups is 1. The molecule has 0 heterocycles. The van der Waals surface area contributed by atoms with Gasteiger partial charge in [0.25, 0.3) is 0 Å². The van der Waals surface area contributed by atoms with Gasteiger partial charge in [-0.3, -0.25) is 9.79 Å². The van der Waals surface area contributed by atoms with E-state index < -0.39 is 0 Å². The fourth-order valence-corrected chi connectivity index (χ4v) is 2.14. The van der Waals surface area contributed by atoms with E-state index in [0.29, 0.717) is 37.0 Å². The lowest BCUT2D eigenvalue weighted by Crippen LogP contribution is -2.30. The maximum absolute atomic E-state index is 11.1. The van der Waals surface area contributed by atoms with Gasteiger partial charge < -0.3 is 24.8 Å². The summed E-state index contributed by atoms with van der Waals surface area (Å²) in [6.07, 6.45) is 2.00. The Hall–Kier alpha value is -2.44. The highest BCUT2D eigenvalue weighted by molar-refractivity contribution is 5.93. The maximum atomic E-state index is 11.1. The molecule has 1 aromatic rings. The Morgan fingerprint density at radius 1 is 1.16 bits per heavy atom. The minimum absolute atomic E-state index is 0.185. The molecule has 0 fully saturated rings. The van der Waals surface area contributed by atoms with Crippen molar-refractivity contribution in [3.05, 3.63) is 18.2 Å². The predicted molar refractivity (Wildman–Crippen MR) is 99.6 cm³/mol. The average Bonchev–Trinajstić information content (AvgIpc) is 2.62. The predicted octanol–water partition coefficient (Wildman–Crippen LogP) is 2.81. The Bertz CT molecular complexity index is 561. The third kappa shape index (κ3) is 7.78. The van der Waals surface area contributed by atoms with Crippen LogP contribution in [0.1, 0.15) is 33.1 Å². The lowest BCUT2D eigenvalue weighted by molar-refractivity contribution is -0.140. The van der Waals surface area contributed by atoms with Gasteiger partial charge >= 0.3 is 5.97 Å². The first-order valence-electron chi connectivity index (χ1n) is 8.57. The van der Waals surface area contributed by atoms with Gasteiger partial charge in [0.05, 0.1) is 20.8 Å². The second kappa shape index (κ2) is 12.0. The quantitative estimate of drug-likeness (QED) is 0.292. The zero-order valence-corrected chi connectivity index (χ0v) is 15.6. The van der Waals surface area contributed by atoms with Crippen molar-refractivity contribution in [1.82, 2.24) is 5.32 Å². The first-order chi connectivity index (χ1) is 12.1. The minimum Gasteiger partial charge on any atom is -0.493 e. The number of ether oxygens (including phenoxy) is 3. The molecule has 7 nitrogen and oxygen atoms in total. The van der Waals surface area contributed by atoms with Crippen molar-refractivity contribution in [2.75, 3.05) is 39.2 Å². The fourth-order valence-electron chi connectivity index (χ4n) is 2.14. The number of carbonyl (C=O) groups is 1. The fraction of sp³-hybridized carbons (Fsp3) is 0.556. The summed E-state index contributed by atoms with van der Waals surface area (Å²) in [5, 5.41) is 6.45. The smallest absolute Gasteiger partial charge is 0.305 e. The molecule has 0 unspecified atom stereocenters. The molecule has 0 aliphatic heterocycles. The number of rotatable bonds is 10. The van der Waals surface area contributed by atoms with Gasteiger partial charge in [-0.15, -0.1) is 0 Å². The zero-order chi connectivity index (χ0) is 18.5. The lowest BCUT2D eigenvalue weighted by atomic mass is 10.2. The van der Waals surface area contributed by atoms with Gasteiger partial charge in [0, 0.05) is 31.3 Å². The largest absolute Gasteiger partial charge is 0.493 e. The topological polar surface area (TPSA) is 81.2 Å². The highest BCUT2D eigenvalue weighted by Gasteiger charge is 2.07. The van der Waals surface area contributed by atoms with E-state index in [0.717, 1.165) is 25.1 Å². The molecular formula is C18H29N3O4. The third-order valence-electron chi connectivity index (χ3n) is 3.36. The Morgan fingerprint density at radius 3 is 2.60 bits per heavy atom. The van der Waals surface area contributed by atoms with Crippen molar-refractivity contribution in [1.29, 1.82) is 0 Å². The molecule has 7 heteroatoms. The van der Waals surface area contributed by atoms with Crippen LogP contribution in [0.4, 0.5) is 5.69 Å². The summed E-state index contributed by atoms with van der Waals surface area (Å²) in [5.41, 5.74) is 0.860. The van der Waals surface area contributed by atoms with E-state index in [-0.39, 0.29) is 5.97 Å². The SMILES string of the molecule is CCNC(=NCCCCC(=O)OC)Nc1ccc(OC)c(OCC)c1. The van der Waals surface area contributed by atoms with Gasteiger partial charge in [-0.25, -0.2) is 0 Å². The summed E-state index contributed by atoms with van der Waals surface area (Å²) < 4.78 is 15.5. The number of nitrogens with one attached hydrogen (secondary N) is 2. The van der Waals surface area contributed by atoms with Crippen LogP contribution in [0.3, 0.4) is 0 Å². The van der Waals surface area contributed by atoms with Crippen LogP contribution >= 0.6 is 0 Å². The van der Waals surface area contributed by atoms with Crippen LogP contribution in [0.2, 0.25) is 0 Å². The standard InChI is InChI=1S/C18H29N3O4/c1-5-19-18(20-12-8-7-9-17(22)24-4)21-14-10-11-15(23-3)16(13-14)25-6-2/h10-11,13H,5-9,12H2,1-4H3,(H2,19,20,21). The third-order valence-corrected chi connectivity index (χ3v) is 3.36. The second-order valence-corrected chi connectivity index (χ2v) is 5.22. The Balaban J connectivity index is 2.65. The first kappa shape index (κ1) is 20.6. The Kier molecular flexibility index (Phi) is 9.89. The number of nitrogens with zero attached hydrogens (tertiary/aromatic N) is 1. The molecule has 0 atom stereocenters. The van der Waals surface area contributed by atoms with E-state index >= 15 is 0 Å². The van der Waals surface area contributed by atoms with Crippen molar-refractivity contribution < 1.29 is 19.0 Å². The molecule has 0 saturated carbocycles. The molecule has 1 aromatic carbocycles. The van der Waals surface area contributed by atoms with Crippen LogP contribution < -0.4 is 20.1 Å². The van der Waals surface area contributed by atoms with Crippen molar-refractivity contribution in [2.45, 2.75) is 33.1 Å². The van der Waals surface area contributed by atoms with Crippen LogP contribution in [-0.2, 0) is 9.53 Å². The van der Waals surface area contributed by atoms with Gasteiger partial charge in [0.2, 0.25) is 0 Å². The van der Waals surface area contributed by atoms with Crippen molar-refractivity contribution in [3.63, 3.8) is 0 Å². The molecule has 140 valence electrons. The lowest BCUT2D eigenvalue weighted by Gasteiger charge is -2.14. The summed E-state index contributed by atoms with van der Waals surface area (Å²) in [5.74, 6) is 1.88. The van der Waals surface area contributed by atoms with E-state index in [1.54, 1.807) is 7.11 Å². The number of methoxy groups -OCH3 is 2. The number of aliphatic imine (C=N–C) groups is 1. The van der Waals surface area contributed by atoms with E-state index in [9.17, 15) is 4.79 Å². The summed E-state index contributed by atoms with van der Waals surface area (Å²) in [6, 6.07) is 5.64. The normalized spacial score (nSPS) is 11.0. The summed E-state index contributed by atoms with van der Waals surface area (Å²) >= 11 is 0. The molecule has 0 radical (unpaired) electrons. The number of anilines is 1. The van der Waals surface area contributed by atoms with Crippen LogP contribution in [0, 0.1) is 0 Å². The molecule has 1 rings (SSSR count). The molecule has 25 heavy (non-hydrogen) atoms. The van der Waals surface area contributed by atoms with Crippen molar-refractivity contribution in [3.8, 4) is 11.5 Å². The van der Waals surface area contributed by atoms with E-state index in [1.807, 2.05) is 32.0 Å². The molecular weight excluding hydrogens is 322 g/mol. The number of hydrogen-bond acceptors (Lipinski definition) is 5. The first-order valence-corrected chi connectivity index (χ1v) is 8.57. The van der Waals surface area contributed by atoms with Crippen LogP contribution in [0.25, 0.3) is 0 Å². The molecule has 2 N–H and O–H groups in total. The Labute approximate surface area is 149 Å². The molecule has 0 saturated heterocycles. The zero-order valence-electron chi connectivity index (χ0n) is 15.6. The molecule has 0 bridgehead atoms. The number of unbranched alkanes of at least 4 members (excludes halogenated alkanes) is 1. The maximum Gasteiger partial charge on any atom is 0.305 e. The van der Waals surface area contributed by atoms with E-state index in [2.05, 4.69) is 20.4 Å². The number of esters is 1. The highest BCUT2D eigenvalue weighted by atomic mass is 16.5. The van der Waals surface area contributed by atoms with Gasteiger partial charge in [0.15, 0.2) is 17.5 Å². The van der Waals surface area contributed by atoms with Crippen LogP contribution in [0.15, 0.2) is 23.2 Å². The van der Waals surface area contributed by atoms with Gasteiger partial charge in [-0.2, -0.15) is 0 Å². The highest BCUT2D eigenvalue weighted by Crippen LogP contribution is 2.30. The minimum atomic E-state index is -0.185. The molecule has 0 amide bonds. The number of carbonyl (C=O) groups excluding carboxylic acids is 1. The van der Waals surface area contributed by atoms with Crippen LogP contribution in [-0.4, -0.2) is 45.8 Å². The average molecular weight is 351 g/mol. The van der Waals surface area contributed by atoms with Gasteiger partial charge in [-0.1, -0.05) is 0 Å². The van der Waals surface area contributed by atoms with E-state index in [1.165, 1.54) is 7.11 Å². The van der Waals surface area contributed by atoms with Crippen molar-refractivity contribution in [2.24, 2.45) is 4.99 Å². The van der Waals surface area contributed by atoms with Crippen molar-refractivity contribution >= 4 is 17.6 Å². The monoisotopic (exact) mass is 351 g/mol. The molecule has 0 spiro atoms. The second-order valence-electron chi connectivity index (χ2n) is 5.22. The Morgan fingerprint density at radius 2 is 1.96 bits per heavy atom. The van der Waals surface area contributed by atoms with Gasteiger partial charge in [0.1, 0.15) is 0 Å². The molecule has 0 aliphatic carbocycles.